The van der Waals surface area contributed by atoms with Crippen LogP contribution in [-0.4, -0.2) is 82.2 Å². The lowest BCUT2D eigenvalue weighted by Crippen LogP contribution is -2.39. The highest BCUT2D eigenvalue weighted by molar-refractivity contribution is 7.89. The second-order valence-corrected chi connectivity index (χ2v) is 18.0. The Morgan fingerprint density at radius 2 is 1.45 bits per heavy atom. The minimum absolute atomic E-state index is 0.0726. The Labute approximate surface area is 378 Å². The molecule has 17 heteroatoms. The average molecular weight is 919 g/mol. The van der Waals surface area contributed by atoms with Crippen LogP contribution in [0.4, 0.5) is 18.9 Å². The molecule has 1 aliphatic rings. The summed E-state index contributed by atoms with van der Waals surface area (Å²) in [5.74, 6) is -3.95. The lowest BCUT2D eigenvalue weighted by Gasteiger charge is -2.28. The number of amides is 2. The van der Waals surface area contributed by atoms with Gasteiger partial charge >= 0.3 is 18.1 Å². The Hall–Kier alpha value is -5.94. The third kappa shape index (κ3) is 14.8. The van der Waals surface area contributed by atoms with E-state index in [0.29, 0.717) is 48.0 Å². The summed E-state index contributed by atoms with van der Waals surface area (Å²) in [5, 5.41) is 20.4. The number of carbonyl (C=O) groups is 4. The van der Waals surface area contributed by atoms with E-state index in [0.717, 1.165) is 85.7 Å². The smallest absolute Gasteiger partial charge is 0.471 e. The normalized spacial score (nSPS) is 12.8. The topological polar surface area (TPSA) is 172 Å². The van der Waals surface area contributed by atoms with Gasteiger partial charge in [-0.25, -0.2) is 13.1 Å². The van der Waals surface area contributed by atoms with Crippen LogP contribution in [0, 0.1) is 6.92 Å². The van der Waals surface area contributed by atoms with Crippen molar-refractivity contribution < 1.29 is 45.9 Å². The molecular weight excluding hydrogens is 862 g/mol. The van der Waals surface area contributed by atoms with E-state index in [4.69, 9.17) is 0 Å². The molecule has 1 aromatic heterocycles. The van der Waals surface area contributed by atoms with Gasteiger partial charge in [0.1, 0.15) is 12.2 Å². The van der Waals surface area contributed by atoms with Crippen molar-refractivity contribution in [1.29, 1.82) is 0 Å². The SMILES string of the molecule is Cc1ccc(S(=O)(=O)N(CC(=O)O)CC(=O)/C=C/C=C/CCCCCCCCCCn2nnc3c2-c2ccccc2CN(C(=O)CCCCCNC(=O)C(F)(F)F)c2ccccc2-3)cc1. The molecule has 3 aromatic carbocycles. The quantitative estimate of drug-likeness (QED) is 0.0374. The lowest BCUT2D eigenvalue weighted by molar-refractivity contribution is -0.173. The van der Waals surface area contributed by atoms with Crippen molar-refractivity contribution in [2.45, 2.75) is 115 Å². The third-order valence-corrected chi connectivity index (χ3v) is 12.8. The third-order valence-electron chi connectivity index (χ3n) is 11.0. The summed E-state index contributed by atoms with van der Waals surface area (Å²) in [6.07, 6.45) is 12.3. The number of carboxylic acids is 1. The Balaban J connectivity index is 1.03. The second-order valence-electron chi connectivity index (χ2n) is 16.1. The van der Waals surface area contributed by atoms with Gasteiger partial charge in [0.05, 0.1) is 29.4 Å². The van der Waals surface area contributed by atoms with Crippen molar-refractivity contribution in [2.24, 2.45) is 0 Å². The molecule has 1 aliphatic heterocycles. The Kier molecular flexibility index (Phi) is 18.8. The minimum atomic E-state index is -4.92. The molecule has 0 unspecified atom stereocenters. The fourth-order valence-electron chi connectivity index (χ4n) is 7.59. The number of allylic oxidation sites excluding steroid dienone is 3. The lowest BCUT2D eigenvalue weighted by atomic mass is 9.95. The summed E-state index contributed by atoms with van der Waals surface area (Å²) in [7, 11) is -4.16. The van der Waals surface area contributed by atoms with Crippen LogP contribution >= 0.6 is 0 Å². The average Bonchev–Trinajstić information content (AvgIpc) is 3.68. The number of alkyl halides is 3. The van der Waals surface area contributed by atoms with E-state index >= 15 is 0 Å². The maximum Gasteiger partial charge on any atom is 0.471 e. The van der Waals surface area contributed by atoms with Crippen molar-refractivity contribution in [3.63, 3.8) is 0 Å². The van der Waals surface area contributed by atoms with Crippen molar-refractivity contribution in [3.8, 4) is 22.5 Å². The van der Waals surface area contributed by atoms with Gasteiger partial charge in [0, 0.05) is 30.6 Å². The molecule has 0 saturated carbocycles. The molecule has 0 bridgehead atoms. The van der Waals surface area contributed by atoms with Crippen LogP contribution < -0.4 is 10.2 Å². The molecule has 65 heavy (non-hydrogen) atoms. The summed E-state index contributed by atoms with van der Waals surface area (Å²) in [5.41, 5.74) is 5.85. The van der Waals surface area contributed by atoms with E-state index in [9.17, 15) is 45.9 Å². The van der Waals surface area contributed by atoms with Crippen LogP contribution in [0.1, 0.15) is 94.6 Å². The van der Waals surface area contributed by atoms with Gasteiger partial charge < -0.3 is 15.3 Å². The number of hydrogen-bond donors (Lipinski definition) is 2. The molecule has 2 heterocycles. The number of aromatic nitrogens is 3. The standard InChI is InChI=1S/C48H57F3N6O7S/c1-36-27-29-39(30-28-36)65(63,64)55(35-44(60)61)34-38(58)22-13-10-8-6-4-2-3-5-7-9-11-20-32-57-46-40-23-16-15-21-37(40)33-56(42-25-18-17-24-41(42)45(46)53-54-57)43(59)26-14-12-19-31-52-47(62)48(49,50)51/h8,10,13,15-18,21-25,27-30H,2-7,9,11-12,14,19-20,26,31-35H2,1H3,(H,52,62)(H,60,61)/b10-8+,22-13+. The van der Waals surface area contributed by atoms with Gasteiger partial charge in [0.15, 0.2) is 5.78 Å². The predicted octanol–water partition coefficient (Wildman–Crippen LogP) is 8.97. The number of carbonyl (C=O) groups excluding carboxylic acids is 3. The van der Waals surface area contributed by atoms with E-state index < -0.39 is 46.9 Å². The van der Waals surface area contributed by atoms with Crippen molar-refractivity contribution in [1.82, 2.24) is 24.6 Å². The molecule has 0 atom stereocenters. The van der Waals surface area contributed by atoms with Crippen LogP contribution in [0.15, 0.2) is 102 Å². The predicted molar refractivity (Wildman–Crippen MR) is 242 cm³/mol. The maximum absolute atomic E-state index is 13.7. The van der Waals surface area contributed by atoms with Gasteiger partial charge in [-0.05, 0) is 68.9 Å². The molecule has 0 radical (unpaired) electrons. The molecule has 0 aliphatic carbocycles. The first kappa shape index (κ1) is 50.1. The Bertz CT molecular complexity index is 2420. The Morgan fingerprint density at radius 3 is 2.15 bits per heavy atom. The summed E-state index contributed by atoms with van der Waals surface area (Å²) < 4.78 is 66.0. The van der Waals surface area contributed by atoms with Gasteiger partial charge in [0.25, 0.3) is 0 Å². The largest absolute Gasteiger partial charge is 0.480 e. The van der Waals surface area contributed by atoms with Crippen LogP contribution in [0.25, 0.3) is 22.5 Å². The summed E-state index contributed by atoms with van der Waals surface area (Å²) in [6, 6.07) is 21.5. The molecule has 2 amide bonds. The highest BCUT2D eigenvalue weighted by Crippen LogP contribution is 2.41. The van der Waals surface area contributed by atoms with Crippen LogP contribution in [0.3, 0.4) is 0 Å². The Morgan fingerprint density at radius 1 is 0.800 bits per heavy atom. The number of benzene rings is 3. The molecule has 0 fully saturated rings. The number of anilines is 1. The number of halogens is 3. The van der Waals surface area contributed by atoms with Gasteiger partial charge in [-0.2, -0.15) is 17.5 Å². The first-order chi connectivity index (χ1) is 31.2. The monoisotopic (exact) mass is 918 g/mol. The highest BCUT2D eigenvalue weighted by Gasteiger charge is 2.38. The van der Waals surface area contributed by atoms with Crippen molar-refractivity contribution >= 4 is 39.3 Å². The van der Waals surface area contributed by atoms with E-state index in [1.165, 1.54) is 18.2 Å². The zero-order chi connectivity index (χ0) is 46.8. The van der Waals surface area contributed by atoms with E-state index in [1.54, 1.807) is 36.1 Å². The molecule has 13 nitrogen and oxygen atoms in total. The zero-order valence-corrected chi connectivity index (χ0v) is 37.5. The van der Waals surface area contributed by atoms with Crippen molar-refractivity contribution in [3.05, 3.63) is 108 Å². The van der Waals surface area contributed by atoms with Crippen molar-refractivity contribution in [2.75, 3.05) is 24.5 Å². The fourth-order valence-corrected chi connectivity index (χ4v) is 8.95. The van der Waals surface area contributed by atoms with Gasteiger partial charge in [-0.3, -0.25) is 19.2 Å². The number of unbranched alkanes of at least 4 members (excludes halogenated alkanes) is 10. The molecular formula is C48H57F3N6O7S. The number of hydrogen-bond acceptors (Lipinski definition) is 8. The van der Waals surface area contributed by atoms with E-state index in [1.807, 2.05) is 64.6 Å². The van der Waals surface area contributed by atoms with Crippen LogP contribution in [0.2, 0.25) is 0 Å². The van der Waals surface area contributed by atoms with Crippen LogP contribution in [0.5, 0.6) is 0 Å². The van der Waals surface area contributed by atoms with Gasteiger partial charge in [0.2, 0.25) is 15.9 Å². The number of carboxylic acid groups (broad SMARTS) is 1. The first-order valence-corrected chi connectivity index (χ1v) is 23.5. The van der Waals surface area contributed by atoms with E-state index in [-0.39, 0.29) is 23.8 Å². The summed E-state index contributed by atoms with van der Waals surface area (Å²) in [6.45, 7) is 1.30. The van der Waals surface area contributed by atoms with Gasteiger partial charge in [-0.1, -0.05) is 129 Å². The highest BCUT2D eigenvalue weighted by atomic mass is 32.2. The molecule has 0 saturated heterocycles. The summed E-state index contributed by atoms with van der Waals surface area (Å²) >= 11 is 0. The number of aliphatic carboxylic acids is 1. The number of rotatable bonds is 25. The van der Waals surface area contributed by atoms with Crippen LogP contribution in [-0.2, 0) is 42.3 Å². The molecule has 0 spiro atoms. The summed E-state index contributed by atoms with van der Waals surface area (Å²) in [4.78, 5) is 50.4. The maximum atomic E-state index is 13.7. The molecule has 348 valence electrons. The number of nitrogens with one attached hydrogen (secondary N) is 1. The zero-order valence-electron chi connectivity index (χ0n) is 36.6. The van der Waals surface area contributed by atoms with Gasteiger partial charge in [-0.15, -0.1) is 5.10 Å². The molecule has 5 rings (SSSR count). The number of para-hydroxylation sites is 1. The first-order valence-electron chi connectivity index (χ1n) is 22.1. The molecule has 2 N–H and O–H groups in total. The number of sulfonamides is 1. The second kappa shape index (κ2) is 24.4. The minimum Gasteiger partial charge on any atom is -0.480 e. The number of nitrogens with zero attached hydrogens (tertiary/aromatic N) is 5. The fraction of sp³-hybridized carbons (Fsp3) is 0.417. The number of aryl methyl sites for hydroxylation is 2. The van der Waals surface area contributed by atoms with E-state index in [2.05, 4.69) is 10.3 Å². The number of ketones is 1. The number of fused-ring (bicyclic) bond motifs is 5. The molecule has 4 aromatic rings.